The van der Waals surface area contributed by atoms with Crippen LogP contribution in [0, 0.1) is 0 Å². The van der Waals surface area contributed by atoms with Crippen LogP contribution in [0.5, 0.6) is 0 Å². The summed E-state index contributed by atoms with van der Waals surface area (Å²) >= 11 is 0. The molecule has 2 aliphatic rings. The average molecular weight is 342 g/mol. The molecule has 1 N–H and O–H groups in total. The average Bonchev–Trinajstić information content (AvgIpc) is 3.23. The largest absolute Gasteiger partial charge is 0.352 e. The number of carbonyl (C=O) groups excluding carboxylic acids is 3. The van der Waals surface area contributed by atoms with E-state index in [1.165, 1.54) is 6.33 Å². The quantitative estimate of drug-likeness (QED) is 0.772. The van der Waals surface area contributed by atoms with Gasteiger partial charge < -0.3 is 14.8 Å². The van der Waals surface area contributed by atoms with E-state index in [0.29, 0.717) is 26.2 Å². The van der Waals surface area contributed by atoms with Gasteiger partial charge in [0.25, 0.3) is 0 Å². The number of nitrogens with one attached hydrogen (secondary N) is 1. The van der Waals surface area contributed by atoms with E-state index in [9.17, 15) is 14.4 Å². The van der Waals surface area contributed by atoms with Gasteiger partial charge in [-0.25, -0.2) is 9.97 Å². The summed E-state index contributed by atoms with van der Waals surface area (Å²) in [6.07, 6.45) is 3.77. The lowest BCUT2D eigenvalue weighted by atomic mass is 10.2. The van der Waals surface area contributed by atoms with Crippen LogP contribution >= 0.6 is 0 Å². The number of aromatic nitrogens is 3. The molecule has 2 aliphatic heterocycles. The molecule has 0 bridgehead atoms. The third-order valence-electron chi connectivity index (χ3n) is 4.71. The Morgan fingerprint density at radius 1 is 1.08 bits per heavy atom. The fourth-order valence-electron chi connectivity index (χ4n) is 3.31. The molecule has 0 atom stereocenters. The molecule has 25 heavy (non-hydrogen) atoms. The second kappa shape index (κ2) is 6.15. The van der Waals surface area contributed by atoms with Gasteiger partial charge in [-0.3, -0.25) is 19.3 Å². The zero-order valence-corrected chi connectivity index (χ0v) is 13.6. The van der Waals surface area contributed by atoms with E-state index >= 15 is 0 Å². The highest BCUT2D eigenvalue weighted by Crippen LogP contribution is 2.23. The predicted octanol–water partition coefficient (Wildman–Crippen LogP) is -0.244. The minimum atomic E-state index is -0.257. The van der Waals surface area contributed by atoms with Gasteiger partial charge in [-0.1, -0.05) is 0 Å². The van der Waals surface area contributed by atoms with Crippen molar-refractivity contribution in [1.82, 2.24) is 24.8 Å². The van der Waals surface area contributed by atoms with Gasteiger partial charge in [0.2, 0.25) is 17.7 Å². The summed E-state index contributed by atoms with van der Waals surface area (Å²) in [6, 6.07) is 1.94. The van der Waals surface area contributed by atoms with E-state index in [0.717, 1.165) is 21.8 Å². The molecule has 2 aromatic rings. The molecule has 2 saturated heterocycles. The van der Waals surface area contributed by atoms with E-state index in [1.807, 2.05) is 12.3 Å². The fraction of sp³-hybridized carbons (Fsp3) is 0.438. The topological polar surface area (TPSA) is 102 Å². The molecule has 4 heterocycles. The number of fused-ring (bicyclic) bond motifs is 1. The zero-order chi connectivity index (χ0) is 17.4. The Balaban J connectivity index is 1.40. The normalized spacial score (nSPS) is 18.5. The summed E-state index contributed by atoms with van der Waals surface area (Å²) in [6.45, 7) is 2.21. The highest BCUT2D eigenvalue weighted by Gasteiger charge is 2.32. The number of amides is 3. The molecule has 9 nitrogen and oxygen atoms in total. The van der Waals surface area contributed by atoms with E-state index < -0.39 is 0 Å². The maximum atomic E-state index is 12.4. The number of imide groups is 1. The van der Waals surface area contributed by atoms with Crippen molar-refractivity contribution in [2.75, 3.05) is 37.6 Å². The van der Waals surface area contributed by atoms with Crippen LogP contribution in [0.1, 0.15) is 12.8 Å². The Bertz CT molecular complexity index is 823. The van der Waals surface area contributed by atoms with Gasteiger partial charge in [-0.2, -0.15) is 0 Å². The van der Waals surface area contributed by atoms with Gasteiger partial charge in [0.05, 0.1) is 5.39 Å². The third-order valence-corrected chi connectivity index (χ3v) is 4.71. The molecule has 0 spiro atoms. The molecule has 9 heteroatoms. The van der Waals surface area contributed by atoms with Gasteiger partial charge in [0.1, 0.15) is 24.3 Å². The zero-order valence-electron chi connectivity index (χ0n) is 13.6. The molecule has 0 saturated carbocycles. The summed E-state index contributed by atoms with van der Waals surface area (Å²) < 4.78 is 0. The van der Waals surface area contributed by atoms with Crippen molar-refractivity contribution in [1.29, 1.82) is 0 Å². The van der Waals surface area contributed by atoms with Crippen molar-refractivity contribution in [2.45, 2.75) is 12.8 Å². The molecule has 0 unspecified atom stereocenters. The SMILES string of the molecule is O=C(CN1C(=O)CCC1=O)N1CCN(c2ncnc3[nH]ccc23)CC1. The monoisotopic (exact) mass is 342 g/mol. The number of rotatable bonds is 3. The number of nitrogens with zero attached hydrogens (tertiary/aromatic N) is 5. The van der Waals surface area contributed by atoms with Crippen LogP contribution in [0.4, 0.5) is 5.82 Å². The molecule has 2 fully saturated rings. The van der Waals surface area contributed by atoms with E-state index in [1.54, 1.807) is 4.90 Å². The third kappa shape index (κ3) is 2.81. The van der Waals surface area contributed by atoms with Crippen LogP contribution in [-0.2, 0) is 14.4 Å². The lowest BCUT2D eigenvalue weighted by molar-refractivity contribution is -0.145. The number of piperazine rings is 1. The van der Waals surface area contributed by atoms with Crippen molar-refractivity contribution in [3.8, 4) is 0 Å². The second-order valence-electron chi connectivity index (χ2n) is 6.18. The molecule has 0 radical (unpaired) electrons. The first-order chi connectivity index (χ1) is 12.1. The summed E-state index contributed by atoms with van der Waals surface area (Å²) in [4.78, 5) is 52.2. The first-order valence-corrected chi connectivity index (χ1v) is 8.27. The fourth-order valence-corrected chi connectivity index (χ4v) is 3.31. The number of carbonyl (C=O) groups is 3. The van der Waals surface area contributed by atoms with E-state index in [2.05, 4.69) is 19.9 Å². The van der Waals surface area contributed by atoms with Gasteiger partial charge in [0.15, 0.2) is 0 Å². The predicted molar refractivity (Wildman–Crippen MR) is 88.6 cm³/mol. The summed E-state index contributed by atoms with van der Waals surface area (Å²) in [5, 5.41) is 0.954. The molecule has 130 valence electrons. The van der Waals surface area contributed by atoms with Gasteiger partial charge in [-0.05, 0) is 6.07 Å². The van der Waals surface area contributed by atoms with Crippen LogP contribution in [0.25, 0.3) is 11.0 Å². The first-order valence-electron chi connectivity index (χ1n) is 8.27. The summed E-state index contributed by atoms with van der Waals surface area (Å²) in [5.41, 5.74) is 0.787. The minimum Gasteiger partial charge on any atom is -0.352 e. The Hall–Kier alpha value is -2.97. The van der Waals surface area contributed by atoms with Crippen molar-refractivity contribution in [3.63, 3.8) is 0 Å². The molecular formula is C16H18N6O3. The number of hydrogen-bond donors (Lipinski definition) is 1. The lowest BCUT2D eigenvalue weighted by Crippen LogP contribution is -2.52. The van der Waals surface area contributed by atoms with Crippen LogP contribution < -0.4 is 4.90 Å². The van der Waals surface area contributed by atoms with Crippen molar-refractivity contribution >= 4 is 34.6 Å². The molecular weight excluding hydrogens is 324 g/mol. The Labute approximate surface area is 143 Å². The molecule has 0 aromatic carbocycles. The second-order valence-corrected chi connectivity index (χ2v) is 6.18. The Morgan fingerprint density at radius 2 is 1.80 bits per heavy atom. The maximum absolute atomic E-state index is 12.4. The van der Waals surface area contributed by atoms with Crippen LogP contribution in [0.2, 0.25) is 0 Å². The number of aromatic amines is 1. The maximum Gasteiger partial charge on any atom is 0.242 e. The number of likely N-dealkylation sites (tertiary alicyclic amines) is 1. The van der Waals surface area contributed by atoms with Crippen LogP contribution in [0.3, 0.4) is 0 Å². The summed E-state index contributed by atoms with van der Waals surface area (Å²) in [5.74, 6) is 0.154. The van der Waals surface area contributed by atoms with Crippen LogP contribution in [-0.4, -0.2) is 75.2 Å². The van der Waals surface area contributed by atoms with Gasteiger partial charge in [-0.15, -0.1) is 0 Å². The standard InChI is InChI=1S/C16H18N6O3/c23-12-1-2-13(24)22(12)9-14(25)20-5-7-21(8-6-20)16-11-3-4-17-15(11)18-10-19-16/h3-4,10H,1-2,5-9H2,(H,17,18,19). The van der Waals surface area contributed by atoms with Gasteiger partial charge >= 0.3 is 0 Å². The highest BCUT2D eigenvalue weighted by molar-refractivity contribution is 6.04. The molecule has 0 aliphatic carbocycles. The Kier molecular flexibility index (Phi) is 3.83. The molecule has 3 amide bonds. The Morgan fingerprint density at radius 3 is 2.52 bits per heavy atom. The first kappa shape index (κ1) is 15.6. The summed E-state index contributed by atoms with van der Waals surface area (Å²) in [7, 11) is 0. The highest BCUT2D eigenvalue weighted by atomic mass is 16.2. The van der Waals surface area contributed by atoms with E-state index in [4.69, 9.17) is 0 Å². The molecule has 2 aromatic heterocycles. The lowest BCUT2D eigenvalue weighted by Gasteiger charge is -2.36. The number of anilines is 1. The number of hydrogen-bond acceptors (Lipinski definition) is 6. The smallest absolute Gasteiger partial charge is 0.242 e. The van der Waals surface area contributed by atoms with Crippen molar-refractivity contribution in [2.24, 2.45) is 0 Å². The number of H-pyrrole nitrogens is 1. The van der Waals surface area contributed by atoms with E-state index in [-0.39, 0.29) is 37.1 Å². The minimum absolute atomic E-state index is 0.146. The van der Waals surface area contributed by atoms with Crippen LogP contribution in [0.15, 0.2) is 18.6 Å². The van der Waals surface area contributed by atoms with Crippen molar-refractivity contribution < 1.29 is 14.4 Å². The van der Waals surface area contributed by atoms with Gasteiger partial charge in [0, 0.05) is 45.2 Å². The van der Waals surface area contributed by atoms with Crippen molar-refractivity contribution in [3.05, 3.63) is 18.6 Å². The molecule has 4 rings (SSSR count).